The lowest BCUT2D eigenvalue weighted by Crippen LogP contribution is -2.24. The van der Waals surface area contributed by atoms with Crippen LogP contribution >= 0.6 is 0 Å². The third-order valence-electron chi connectivity index (χ3n) is 4.09. The van der Waals surface area contributed by atoms with Gasteiger partial charge in [0.25, 0.3) is 11.8 Å². The number of para-hydroxylation sites is 1. The van der Waals surface area contributed by atoms with Crippen LogP contribution in [0.15, 0.2) is 47.1 Å². The highest BCUT2D eigenvalue weighted by Crippen LogP contribution is 2.20. The van der Waals surface area contributed by atoms with Crippen molar-refractivity contribution >= 4 is 11.6 Å². The number of aromatic nitrogens is 5. The molecule has 0 bridgehead atoms. The highest BCUT2D eigenvalue weighted by Gasteiger charge is 2.14. The van der Waals surface area contributed by atoms with Crippen molar-refractivity contribution in [2.24, 2.45) is 0 Å². The minimum atomic E-state index is -0.237. The first kappa shape index (κ1) is 17.7. The summed E-state index contributed by atoms with van der Waals surface area (Å²) in [6, 6.07) is 10.8. The fourth-order valence-corrected chi connectivity index (χ4v) is 2.80. The molecule has 0 aliphatic carbocycles. The molecule has 0 fully saturated rings. The molecule has 0 atom stereocenters. The Balaban J connectivity index is 1.52. The summed E-state index contributed by atoms with van der Waals surface area (Å²) < 4.78 is 12.5. The quantitative estimate of drug-likeness (QED) is 0.549. The monoisotopic (exact) mass is 378 g/mol. The van der Waals surface area contributed by atoms with Crippen molar-refractivity contribution in [1.29, 1.82) is 0 Å². The molecule has 0 spiro atoms. The molecular formula is C19H18N6O3. The predicted octanol–water partition coefficient (Wildman–Crippen LogP) is 2.42. The van der Waals surface area contributed by atoms with E-state index < -0.39 is 0 Å². The number of amides is 1. The average Bonchev–Trinajstić information content (AvgIpc) is 3.32. The lowest BCUT2D eigenvalue weighted by molar-refractivity contribution is 0.0946. The summed E-state index contributed by atoms with van der Waals surface area (Å²) in [5.41, 5.74) is 1.85. The molecular weight excluding hydrogens is 360 g/mol. The lowest BCUT2D eigenvalue weighted by Gasteiger charge is -2.10. The Hall–Kier alpha value is -3.75. The summed E-state index contributed by atoms with van der Waals surface area (Å²) in [7, 11) is 0. The van der Waals surface area contributed by atoms with Crippen LogP contribution in [0.1, 0.15) is 28.9 Å². The fraction of sp³-hybridized carbons (Fsp3) is 0.211. The number of hydrogen-bond acceptors (Lipinski definition) is 7. The molecule has 9 nitrogen and oxygen atoms in total. The van der Waals surface area contributed by atoms with Crippen LogP contribution in [0.25, 0.3) is 17.1 Å². The molecule has 28 heavy (non-hydrogen) atoms. The normalized spacial score (nSPS) is 10.9. The molecule has 0 saturated heterocycles. The first-order valence-electron chi connectivity index (χ1n) is 8.80. The van der Waals surface area contributed by atoms with E-state index in [-0.39, 0.29) is 12.5 Å². The third kappa shape index (κ3) is 3.41. The van der Waals surface area contributed by atoms with Gasteiger partial charge in [0.15, 0.2) is 17.3 Å². The minimum absolute atomic E-state index is 0.222. The summed E-state index contributed by atoms with van der Waals surface area (Å²) >= 11 is 0. The smallest absolute Gasteiger partial charge is 0.258 e. The van der Waals surface area contributed by atoms with E-state index in [1.807, 2.05) is 19.1 Å². The van der Waals surface area contributed by atoms with Gasteiger partial charge in [-0.3, -0.25) is 9.20 Å². The molecule has 1 aromatic carbocycles. The Morgan fingerprint density at radius 2 is 2.11 bits per heavy atom. The van der Waals surface area contributed by atoms with E-state index in [0.29, 0.717) is 41.1 Å². The number of aryl methyl sites for hydroxylation is 1. The number of nitrogens with zero attached hydrogens (tertiary/aromatic N) is 5. The van der Waals surface area contributed by atoms with E-state index in [2.05, 4.69) is 25.7 Å². The van der Waals surface area contributed by atoms with Crippen molar-refractivity contribution in [2.75, 3.05) is 6.61 Å². The second kappa shape index (κ2) is 7.47. The zero-order chi connectivity index (χ0) is 19.5. The highest BCUT2D eigenvalue weighted by atomic mass is 16.5. The number of pyridine rings is 1. The lowest BCUT2D eigenvalue weighted by atomic mass is 10.2. The third-order valence-corrected chi connectivity index (χ3v) is 4.09. The molecule has 0 unspecified atom stereocenters. The van der Waals surface area contributed by atoms with Gasteiger partial charge in [-0.25, -0.2) is 0 Å². The van der Waals surface area contributed by atoms with Crippen molar-refractivity contribution in [3.8, 4) is 17.2 Å². The van der Waals surface area contributed by atoms with Gasteiger partial charge in [-0.1, -0.05) is 17.3 Å². The molecule has 9 heteroatoms. The molecule has 1 N–H and O–H groups in total. The summed E-state index contributed by atoms with van der Waals surface area (Å²) in [6.45, 7) is 4.34. The zero-order valence-electron chi connectivity index (χ0n) is 15.4. The van der Waals surface area contributed by atoms with E-state index in [1.165, 1.54) is 0 Å². The Morgan fingerprint density at radius 1 is 1.25 bits per heavy atom. The van der Waals surface area contributed by atoms with Gasteiger partial charge < -0.3 is 14.6 Å². The summed E-state index contributed by atoms with van der Waals surface area (Å²) in [5.74, 6) is 1.90. The average molecular weight is 378 g/mol. The molecule has 0 saturated carbocycles. The Bertz CT molecular complexity index is 1130. The number of carbonyl (C=O) groups excluding carboxylic acids is 1. The number of fused-ring (bicyclic) bond motifs is 1. The molecule has 4 rings (SSSR count). The van der Waals surface area contributed by atoms with E-state index in [9.17, 15) is 4.79 Å². The molecule has 0 aliphatic rings. The maximum Gasteiger partial charge on any atom is 0.258 e. The standard InChI is InChI=1S/C19H18N6O3/c1-3-27-15-7-5-4-6-14(15)18(26)20-11-17-23-22-16-10-13(8-9-25(16)17)19-21-12(2)24-28-19/h4-10H,3,11H2,1-2H3,(H,20,26). The summed E-state index contributed by atoms with van der Waals surface area (Å²) in [6.07, 6.45) is 1.81. The van der Waals surface area contributed by atoms with Crippen LogP contribution in [0, 0.1) is 6.92 Å². The van der Waals surface area contributed by atoms with E-state index in [4.69, 9.17) is 9.26 Å². The van der Waals surface area contributed by atoms with E-state index in [1.54, 1.807) is 41.8 Å². The topological polar surface area (TPSA) is 107 Å². The van der Waals surface area contributed by atoms with Crippen LogP contribution in [0.3, 0.4) is 0 Å². The zero-order valence-corrected chi connectivity index (χ0v) is 15.4. The molecule has 3 aromatic heterocycles. The van der Waals surface area contributed by atoms with Gasteiger partial charge in [-0.05, 0) is 38.1 Å². The van der Waals surface area contributed by atoms with E-state index in [0.717, 1.165) is 5.56 Å². The molecule has 0 radical (unpaired) electrons. The number of rotatable bonds is 6. The number of ether oxygens (including phenoxy) is 1. The van der Waals surface area contributed by atoms with Crippen molar-refractivity contribution in [3.05, 3.63) is 59.8 Å². The second-order valence-electron chi connectivity index (χ2n) is 6.02. The molecule has 4 aromatic rings. The molecule has 142 valence electrons. The number of benzene rings is 1. The van der Waals surface area contributed by atoms with Crippen LogP contribution in [0.5, 0.6) is 5.75 Å². The van der Waals surface area contributed by atoms with Crippen LogP contribution in [-0.2, 0) is 6.54 Å². The van der Waals surface area contributed by atoms with Crippen molar-refractivity contribution in [1.82, 2.24) is 30.1 Å². The van der Waals surface area contributed by atoms with Gasteiger partial charge in [-0.15, -0.1) is 10.2 Å². The molecule has 0 aliphatic heterocycles. The van der Waals surface area contributed by atoms with Gasteiger partial charge >= 0.3 is 0 Å². The highest BCUT2D eigenvalue weighted by molar-refractivity contribution is 5.96. The SMILES string of the molecule is CCOc1ccccc1C(=O)NCc1nnc2cc(-c3nc(C)no3)ccn12. The van der Waals surface area contributed by atoms with Gasteiger partial charge in [0.2, 0.25) is 0 Å². The van der Waals surface area contributed by atoms with E-state index >= 15 is 0 Å². The predicted molar refractivity (Wildman–Crippen MR) is 99.8 cm³/mol. The summed E-state index contributed by atoms with van der Waals surface area (Å²) in [4.78, 5) is 16.7. The first-order chi connectivity index (χ1) is 13.7. The summed E-state index contributed by atoms with van der Waals surface area (Å²) in [5, 5.41) is 15.0. The van der Waals surface area contributed by atoms with Crippen LogP contribution in [-0.4, -0.2) is 37.3 Å². The Kier molecular flexibility index (Phi) is 4.71. The van der Waals surface area contributed by atoms with Crippen molar-refractivity contribution < 1.29 is 14.1 Å². The molecule has 1 amide bonds. The second-order valence-corrected chi connectivity index (χ2v) is 6.02. The Labute approximate surface area is 160 Å². The van der Waals surface area contributed by atoms with Gasteiger partial charge in [0.1, 0.15) is 5.75 Å². The minimum Gasteiger partial charge on any atom is -0.493 e. The largest absolute Gasteiger partial charge is 0.493 e. The van der Waals surface area contributed by atoms with Crippen LogP contribution in [0.2, 0.25) is 0 Å². The maximum absolute atomic E-state index is 12.5. The van der Waals surface area contributed by atoms with Gasteiger partial charge in [0.05, 0.1) is 18.7 Å². The van der Waals surface area contributed by atoms with Crippen molar-refractivity contribution in [2.45, 2.75) is 20.4 Å². The van der Waals surface area contributed by atoms with Crippen LogP contribution in [0.4, 0.5) is 0 Å². The maximum atomic E-state index is 12.5. The van der Waals surface area contributed by atoms with Gasteiger partial charge in [0, 0.05) is 11.8 Å². The van der Waals surface area contributed by atoms with Crippen LogP contribution < -0.4 is 10.1 Å². The number of hydrogen-bond donors (Lipinski definition) is 1. The number of nitrogens with one attached hydrogen (secondary N) is 1. The first-order valence-corrected chi connectivity index (χ1v) is 8.80. The fourth-order valence-electron chi connectivity index (χ4n) is 2.80. The van der Waals surface area contributed by atoms with Gasteiger partial charge in [-0.2, -0.15) is 4.98 Å². The Morgan fingerprint density at radius 3 is 2.89 bits per heavy atom. The number of carbonyl (C=O) groups is 1. The van der Waals surface area contributed by atoms with Crippen molar-refractivity contribution in [3.63, 3.8) is 0 Å². The molecule has 3 heterocycles.